The lowest BCUT2D eigenvalue weighted by molar-refractivity contribution is -2.00. The van der Waals surface area contributed by atoms with Gasteiger partial charge in [-0.15, -0.1) is 20.5 Å². The van der Waals surface area contributed by atoms with Gasteiger partial charge in [0, 0.05) is 13.1 Å². The molecule has 2 aromatic carbocycles. The first-order valence-corrected chi connectivity index (χ1v) is 17.1. The maximum Gasteiger partial charge on any atom is 0.343 e. The summed E-state index contributed by atoms with van der Waals surface area (Å²) in [6.45, 7) is 0. The number of imidazole rings is 1. The van der Waals surface area contributed by atoms with Crippen molar-refractivity contribution in [3.63, 3.8) is 0 Å². The van der Waals surface area contributed by atoms with Gasteiger partial charge in [0.2, 0.25) is 11.5 Å². The largest absolute Gasteiger partial charge is 0.493 e. The third-order valence-electron chi connectivity index (χ3n) is 7.07. The van der Waals surface area contributed by atoms with Crippen molar-refractivity contribution in [3.05, 3.63) is 64.9 Å². The minimum absolute atomic E-state index is 0.203. The normalized spacial score (nSPS) is 11.4. The van der Waals surface area contributed by atoms with Crippen LogP contribution in [0.5, 0.6) is 34.5 Å². The number of fused-ring (bicyclic) bond motifs is 1. The van der Waals surface area contributed by atoms with Crippen molar-refractivity contribution in [2.24, 2.45) is 14.1 Å². The third kappa shape index (κ3) is 12.6. The predicted molar refractivity (Wildman–Crippen MR) is 163 cm³/mol. The van der Waals surface area contributed by atoms with Gasteiger partial charge in [0.25, 0.3) is 17.9 Å². The maximum atomic E-state index is 13.0. The van der Waals surface area contributed by atoms with E-state index in [1.54, 1.807) is 54.3 Å². The average molecular weight is 790 g/mol. The zero-order valence-electron chi connectivity index (χ0n) is 30.0. The fraction of sp³-hybridized carbons (Fsp3) is 0.281. The molecule has 0 fully saturated rings. The molecule has 19 nitrogen and oxygen atoms in total. The number of hydrogen-bond donors (Lipinski definition) is 1. The van der Waals surface area contributed by atoms with Crippen molar-refractivity contribution < 1.29 is 100 Å². The van der Waals surface area contributed by atoms with Gasteiger partial charge < -0.3 is 33.7 Å². The highest BCUT2D eigenvalue weighted by molar-refractivity contribution is 5.95. The quantitative estimate of drug-likeness (QED) is 0.138. The number of rotatable bonds is 11. The fourth-order valence-electron chi connectivity index (χ4n) is 4.93. The van der Waals surface area contributed by atoms with Crippen LogP contribution in [0.15, 0.2) is 36.7 Å². The van der Waals surface area contributed by atoms with E-state index in [4.69, 9.17) is 65.7 Å². The van der Waals surface area contributed by atoms with E-state index in [0.717, 1.165) is 22.5 Å². The summed E-state index contributed by atoms with van der Waals surface area (Å²) in [4.78, 5) is 13.0. The number of carbonyl (C=O) groups excluding carboxylic acids is 1. The second kappa shape index (κ2) is 19.2. The highest BCUT2D eigenvalue weighted by atomic mass is 35.7. The zero-order chi connectivity index (χ0) is 40.3. The van der Waals surface area contributed by atoms with Crippen LogP contribution in [0.3, 0.4) is 0 Å². The van der Waals surface area contributed by atoms with Gasteiger partial charge in [-0.1, -0.05) is 12.2 Å². The van der Waals surface area contributed by atoms with Crippen molar-refractivity contribution in [1.29, 1.82) is 0 Å². The smallest absolute Gasteiger partial charge is 0.343 e. The summed E-state index contributed by atoms with van der Waals surface area (Å²) in [7, 11) is 4.96. The lowest BCUT2D eigenvalue weighted by Crippen LogP contribution is -2.68. The second-order valence-corrected chi connectivity index (χ2v) is 11.8. The lowest BCUT2D eigenvalue weighted by Gasteiger charge is -2.17. The van der Waals surface area contributed by atoms with E-state index >= 15 is 0 Å². The summed E-state index contributed by atoms with van der Waals surface area (Å²) in [6, 6.07) is 9.51. The first-order valence-electron chi connectivity index (χ1n) is 14.6. The van der Waals surface area contributed by atoms with Crippen LogP contribution >= 0.6 is 0 Å². The number of ether oxygens (including phenoxy) is 6. The van der Waals surface area contributed by atoms with E-state index in [-0.39, 0.29) is 5.91 Å². The van der Waals surface area contributed by atoms with Crippen LogP contribution in [0.4, 0.5) is 0 Å². The number of methoxy groups -OCH3 is 6. The molecule has 0 saturated heterocycles. The minimum Gasteiger partial charge on any atom is -0.493 e. The van der Waals surface area contributed by atoms with Crippen molar-refractivity contribution in [3.8, 4) is 34.5 Å². The molecule has 290 valence electrons. The van der Waals surface area contributed by atoms with Gasteiger partial charge in [-0.05, 0) is 47.5 Å². The summed E-state index contributed by atoms with van der Waals surface area (Å²) in [5.74, 6) is 3.04. The molecule has 4 rings (SSSR count). The fourth-order valence-corrected chi connectivity index (χ4v) is 4.93. The van der Waals surface area contributed by atoms with E-state index in [9.17, 15) is 4.79 Å². The maximum absolute atomic E-state index is 13.0. The van der Waals surface area contributed by atoms with Gasteiger partial charge >= 0.3 is 5.65 Å². The molecule has 0 radical (unpaired) electrons. The molecule has 0 aliphatic rings. The summed E-state index contributed by atoms with van der Waals surface area (Å²) in [6.07, 6.45) is 9.72. The summed E-state index contributed by atoms with van der Waals surface area (Å²) in [5.41, 5.74) is 4.57. The second-order valence-electron chi connectivity index (χ2n) is 10.2. The standard InChI is InChI=1S/C32H37N4O7.2ClHO4/c1-33-31(37)28-32-35(3)22(12-10-20-14-24(38-4)29(42-8)25(15-20)39-5)18-23(36(32)19-34(28)2)13-11-21-16-26(40-6)30(43-9)27(17-21)41-7;2*2-1(3,4)5/h10-19H,1-9H3;2*(H,2,3,4,5)/q+1;;/p-1/b12-10+,13-11+;;. The molecule has 1 N–H and O–H groups in total. The molecule has 0 aliphatic heterocycles. The van der Waals surface area contributed by atoms with Gasteiger partial charge in [0.1, 0.15) is 11.4 Å². The Morgan fingerprint density at radius 2 is 1.02 bits per heavy atom. The van der Waals surface area contributed by atoms with Crippen LogP contribution in [-0.4, -0.2) is 60.0 Å². The van der Waals surface area contributed by atoms with Gasteiger partial charge in [-0.25, -0.2) is 46.4 Å². The number of amides is 1. The Morgan fingerprint density at radius 3 is 1.36 bits per heavy atom. The molecule has 53 heavy (non-hydrogen) atoms. The molecule has 2 aromatic heterocycles. The monoisotopic (exact) mass is 788 g/mol. The lowest BCUT2D eigenvalue weighted by atomic mass is 10.1. The Morgan fingerprint density at radius 1 is 0.642 bits per heavy atom. The number of carbonyl (C=O) groups is 1. The van der Waals surface area contributed by atoms with Gasteiger partial charge in [0.15, 0.2) is 23.0 Å². The number of hydrogen-bond acceptors (Lipinski definition) is 15. The molecule has 0 atom stereocenters. The van der Waals surface area contributed by atoms with Crippen molar-refractivity contribution in [1.82, 2.24) is 9.72 Å². The van der Waals surface area contributed by atoms with Crippen LogP contribution in [0.25, 0.3) is 30.0 Å². The van der Waals surface area contributed by atoms with Crippen LogP contribution in [0.2, 0.25) is 0 Å². The van der Waals surface area contributed by atoms with Crippen molar-refractivity contribution >= 4 is 35.9 Å². The van der Waals surface area contributed by atoms with E-state index in [2.05, 4.69) is 5.32 Å². The molecular formula is C32H38Cl2N4O15. The molecule has 0 unspecified atom stereocenters. The molecule has 1 amide bonds. The summed E-state index contributed by atoms with van der Waals surface area (Å²) < 4.78 is 107. The van der Waals surface area contributed by atoms with Gasteiger partial charge in [-0.3, -0.25) is 4.79 Å². The topological polar surface area (TPSA) is 281 Å². The average Bonchev–Trinajstić information content (AvgIpc) is 3.45. The summed E-state index contributed by atoms with van der Waals surface area (Å²) >= 11 is 0. The Hall–Kier alpha value is -4.93. The van der Waals surface area contributed by atoms with Crippen LogP contribution in [0.1, 0.15) is 33.0 Å². The molecule has 0 spiro atoms. The van der Waals surface area contributed by atoms with E-state index < -0.39 is 20.5 Å². The number of benzene rings is 2. The molecule has 4 aromatic rings. The number of nitrogens with zero attached hydrogens (tertiary/aromatic N) is 3. The Bertz CT molecular complexity index is 1860. The van der Waals surface area contributed by atoms with E-state index in [1.807, 2.05) is 84.0 Å². The van der Waals surface area contributed by atoms with Gasteiger partial charge in [-0.2, -0.15) is 4.40 Å². The molecule has 21 heteroatoms. The first-order chi connectivity index (χ1) is 24.7. The number of aromatic nitrogens is 3. The number of nitrogens with one attached hydrogen (secondary N) is 1. The number of aryl methyl sites for hydroxylation is 2. The van der Waals surface area contributed by atoms with E-state index in [0.29, 0.717) is 45.8 Å². The Balaban J connectivity index is 0.000000858. The molecular weight excluding hydrogens is 751 g/mol. The predicted octanol–water partition coefficient (Wildman–Crippen LogP) is -6.17. The van der Waals surface area contributed by atoms with Crippen molar-refractivity contribution in [2.45, 2.75) is 0 Å². The van der Waals surface area contributed by atoms with Crippen molar-refractivity contribution in [2.75, 3.05) is 49.7 Å². The molecule has 0 saturated carbocycles. The Kier molecular flexibility index (Phi) is 16.1. The third-order valence-corrected chi connectivity index (χ3v) is 7.07. The van der Waals surface area contributed by atoms with Crippen LogP contribution in [-0.2, 0) is 14.1 Å². The molecule has 0 aliphatic carbocycles. The van der Waals surface area contributed by atoms with E-state index in [1.165, 1.54) is 0 Å². The first kappa shape index (κ1) is 44.2. The highest BCUT2D eigenvalue weighted by Crippen LogP contribution is 2.39. The SMILES string of the molecule is CNC(=O)c1c2n(c[n+]1C)c(/C=C/c1cc(OC)c(OC)c(OC)c1)cc(/C=C/c1cc(OC)c(OC)c(OC)c1)[n+]2C.[O-][Cl+3]([O-])([O-])[O-].[O-][Cl+3]([O-])([O-])[O-]. The van der Waals surface area contributed by atoms with Crippen LogP contribution in [0, 0.1) is 20.5 Å². The Labute approximate surface area is 308 Å². The van der Waals surface area contributed by atoms with Crippen LogP contribution < -0.4 is 80.1 Å². The summed E-state index contributed by atoms with van der Waals surface area (Å²) in [5, 5.41) is 2.75. The zero-order valence-corrected chi connectivity index (χ0v) is 31.5. The minimum atomic E-state index is -4.94. The number of halogens is 2. The highest BCUT2D eigenvalue weighted by Gasteiger charge is 2.29. The molecule has 0 bridgehead atoms. The molecule has 2 heterocycles. The van der Waals surface area contributed by atoms with Gasteiger partial charge in [0.05, 0.1) is 56.8 Å².